The summed E-state index contributed by atoms with van der Waals surface area (Å²) in [6, 6.07) is 8.45. The second kappa shape index (κ2) is 11.3. The molecule has 0 saturated carbocycles. The molecule has 0 bridgehead atoms. The van der Waals surface area contributed by atoms with Crippen LogP contribution in [0, 0.1) is 11.8 Å². The van der Waals surface area contributed by atoms with Gasteiger partial charge in [-0.25, -0.2) is 17.9 Å². The van der Waals surface area contributed by atoms with Gasteiger partial charge in [0, 0.05) is 34.3 Å². The minimum Gasteiger partial charge on any atom is -0.495 e. The van der Waals surface area contributed by atoms with Crippen molar-refractivity contribution in [3.8, 4) is 17.6 Å². The van der Waals surface area contributed by atoms with E-state index in [0.717, 1.165) is 21.6 Å². The van der Waals surface area contributed by atoms with Crippen molar-refractivity contribution in [2.75, 3.05) is 44.3 Å². The Morgan fingerprint density at radius 2 is 2.05 bits per heavy atom. The summed E-state index contributed by atoms with van der Waals surface area (Å²) in [7, 11) is -7.11. The zero-order valence-corrected chi connectivity index (χ0v) is 21.2. The lowest BCUT2D eigenvalue weighted by Crippen LogP contribution is -2.46. The van der Waals surface area contributed by atoms with Crippen molar-refractivity contribution in [3.05, 3.63) is 48.2 Å². The Morgan fingerprint density at radius 3 is 2.74 bits per heavy atom. The number of likely N-dealkylation sites (tertiary alicyclic amines) is 1. The van der Waals surface area contributed by atoms with Crippen molar-refractivity contribution < 1.29 is 38.9 Å². The van der Waals surface area contributed by atoms with E-state index in [1.165, 1.54) is 24.3 Å². The lowest BCUT2D eigenvalue weighted by Gasteiger charge is -2.33. The van der Waals surface area contributed by atoms with Crippen LogP contribution in [0.15, 0.2) is 47.4 Å². The van der Waals surface area contributed by atoms with Crippen molar-refractivity contribution in [1.29, 1.82) is 0 Å². The van der Waals surface area contributed by atoms with Gasteiger partial charge in [-0.3, -0.25) is 0 Å². The van der Waals surface area contributed by atoms with Crippen LogP contribution in [0.3, 0.4) is 0 Å². The monoisotopic (exact) mass is 573 g/mol. The molecule has 2 heterocycles. The van der Waals surface area contributed by atoms with E-state index in [1.54, 1.807) is 6.07 Å². The molecular formula is C26H29F4N5O3S. The average Bonchev–Trinajstić information content (AvgIpc) is 3.23. The minimum absolute atomic E-state index is 0.0177. The number of sulfonamides is 1. The van der Waals surface area contributed by atoms with E-state index >= 15 is 0 Å². The molecule has 1 aliphatic heterocycles. The molecule has 0 spiro atoms. The predicted octanol–water partition coefficient (Wildman–Crippen LogP) is 3.78. The molecule has 2 aromatic carbocycles. The number of primary sulfonamides is 1. The number of ether oxygens (including phenoxy) is 1. The second-order valence-electron chi connectivity index (χ2n) is 8.93. The number of nitrogens with zero attached hydrogens (tertiary/aromatic N) is 2. The average molecular weight is 574 g/mol. The highest BCUT2D eigenvalue weighted by Crippen LogP contribution is 2.32. The lowest BCUT2D eigenvalue weighted by molar-refractivity contribution is -0.140. The molecule has 4 N–H and O–H groups in total. The number of aromatic nitrogens is 1. The molecular weight excluding hydrogens is 538 g/mol. The van der Waals surface area contributed by atoms with Crippen LogP contribution in [0.2, 0.25) is 0 Å². The molecule has 0 aliphatic carbocycles. The predicted molar refractivity (Wildman–Crippen MR) is 142 cm³/mol. The number of alkyl halides is 4. The first-order chi connectivity index (χ1) is 20.7. The number of hydrogen-bond acceptors (Lipinski definition) is 6. The van der Waals surface area contributed by atoms with Gasteiger partial charge in [-0.15, -0.1) is 0 Å². The van der Waals surface area contributed by atoms with Gasteiger partial charge in [0.25, 0.3) is 0 Å². The fraction of sp³-hybridized carbons (Fsp3) is 0.385. The van der Waals surface area contributed by atoms with E-state index in [2.05, 4.69) is 22.5 Å². The third kappa shape index (κ3) is 6.95. The summed E-state index contributed by atoms with van der Waals surface area (Å²) in [6.07, 6.45) is -6.00. The number of nitrogens with one attached hydrogen (secondary N) is 2. The minimum atomic E-state index is -4.61. The molecule has 39 heavy (non-hydrogen) atoms. The summed E-state index contributed by atoms with van der Waals surface area (Å²) in [5, 5.41) is 11.2. The Morgan fingerprint density at radius 1 is 1.23 bits per heavy atom. The maximum atomic E-state index is 15.0. The standard InChI is InChI=1S/C26H29F4N5O3S/c1-34-12-10-22(20(27)15-34)33-21-6-3-7-24-19(21)13-17(35(24)16-26(28,29)30)5-4-11-32-23-9-8-18(39(31,36)37)14-25(23)38-2/h3,6-9,13-14,20,22,32-33H,10-12,15-16H2,1-2H3,(H2,31,36,37)/t20-,22+/m0/s1/i1D3,2D3. The number of piperidine rings is 1. The van der Waals surface area contributed by atoms with Crippen molar-refractivity contribution in [2.24, 2.45) is 5.14 Å². The van der Waals surface area contributed by atoms with Gasteiger partial charge in [-0.05, 0) is 49.6 Å². The van der Waals surface area contributed by atoms with E-state index in [4.69, 9.17) is 18.1 Å². The van der Waals surface area contributed by atoms with Crippen molar-refractivity contribution in [2.45, 2.75) is 36.3 Å². The molecule has 13 heteroatoms. The van der Waals surface area contributed by atoms with Crippen LogP contribution in [0.4, 0.5) is 28.9 Å². The van der Waals surface area contributed by atoms with Crippen LogP contribution in [0.5, 0.6) is 5.75 Å². The van der Waals surface area contributed by atoms with E-state index in [9.17, 15) is 26.0 Å². The molecule has 2 atom stereocenters. The highest BCUT2D eigenvalue weighted by atomic mass is 32.2. The van der Waals surface area contributed by atoms with Gasteiger partial charge >= 0.3 is 6.18 Å². The van der Waals surface area contributed by atoms with Gasteiger partial charge in [-0.2, -0.15) is 13.2 Å². The van der Waals surface area contributed by atoms with Gasteiger partial charge in [0.2, 0.25) is 10.0 Å². The third-order valence-corrected chi connectivity index (χ3v) is 7.05. The number of fused-ring (bicyclic) bond motifs is 1. The number of hydrogen-bond donors (Lipinski definition) is 3. The fourth-order valence-electron chi connectivity index (χ4n) is 4.31. The number of nitrogens with two attached hydrogens (primary N) is 1. The molecule has 1 saturated heterocycles. The van der Waals surface area contributed by atoms with Gasteiger partial charge in [0.1, 0.15) is 18.5 Å². The molecule has 3 aromatic rings. The fourth-order valence-corrected chi connectivity index (χ4v) is 4.84. The Kier molecular flexibility index (Phi) is 6.21. The maximum absolute atomic E-state index is 15.0. The highest BCUT2D eigenvalue weighted by Gasteiger charge is 2.31. The summed E-state index contributed by atoms with van der Waals surface area (Å²) >= 11 is 0. The molecule has 8 nitrogen and oxygen atoms in total. The Bertz CT molecular complexity index is 1720. The molecule has 0 amide bonds. The largest absolute Gasteiger partial charge is 0.495 e. The van der Waals surface area contributed by atoms with Crippen LogP contribution in [-0.4, -0.2) is 69.9 Å². The quantitative estimate of drug-likeness (QED) is 0.294. The van der Waals surface area contributed by atoms with Crippen molar-refractivity contribution >= 4 is 32.3 Å². The number of anilines is 2. The smallest absolute Gasteiger partial charge is 0.406 e. The molecule has 1 fully saturated rings. The van der Waals surface area contributed by atoms with E-state index in [0.29, 0.717) is 11.1 Å². The first-order valence-electron chi connectivity index (χ1n) is 14.6. The van der Waals surface area contributed by atoms with Gasteiger partial charge in [0.05, 0.1) is 45.5 Å². The number of halogens is 4. The normalized spacial score (nSPS) is 21.4. The van der Waals surface area contributed by atoms with Crippen LogP contribution in [0.25, 0.3) is 10.9 Å². The van der Waals surface area contributed by atoms with Gasteiger partial charge in [0.15, 0.2) is 0 Å². The molecule has 0 unspecified atom stereocenters. The zero-order valence-electron chi connectivity index (χ0n) is 26.3. The van der Waals surface area contributed by atoms with Crippen molar-refractivity contribution in [3.63, 3.8) is 0 Å². The molecule has 4 rings (SSSR count). The summed E-state index contributed by atoms with van der Waals surface area (Å²) in [6.45, 7) is -4.24. The number of methoxy groups -OCH3 is 1. The molecule has 1 aliphatic rings. The lowest BCUT2D eigenvalue weighted by atomic mass is 10.0. The Hall–Kier alpha value is -3.47. The molecule has 210 valence electrons. The summed E-state index contributed by atoms with van der Waals surface area (Å²) in [5.74, 6) is 4.98. The second-order valence-corrected chi connectivity index (χ2v) is 10.5. The number of benzene rings is 2. The van der Waals surface area contributed by atoms with Crippen molar-refractivity contribution in [1.82, 2.24) is 9.47 Å². The first kappa shape index (κ1) is 21.4. The number of rotatable bonds is 7. The zero-order chi connectivity index (χ0) is 33.4. The third-order valence-electron chi connectivity index (χ3n) is 6.14. The SMILES string of the molecule is [2H]C([2H])([2H])Oc1cc(S(N)(=O)=O)ccc1NCC#Cc1cc2c(N[C@@H]3CCN(C([2H])([2H])[2H])C[C@@H]3F)cccc2n1CC(F)(F)F. The van der Waals surface area contributed by atoms with Crippen LogP contribution < -0.4 is 20.5 Å². The van der Waals surface area contributed by atoms with Crippen LogP contribution >= 0.6 is 0 Å². The van der Waals surface area contributed by atoms with Crippen LogP contribution in [-0.2, 0) is 16.6 Å². The Labute approximate surface area is 232 Å². The van der Waals surface area contributed by atoms with Crippen LogP contribution in [0.1, 0.15) is 20.3 Å². The summed E-state index contributed by atoms with van der Waals surface area (Å²) in [4.78, 5) is 0.659. The maximum Gasteiger partial charge on any atom is 0.406 e. The van der Waals surface area contributed by atoms with Gasteiger partial charge < -0.3 is 24.8 Å². The molecule has 0 radical (unpaired) electrons. The van der Waals surface area contributed by atoms with E-state index < -0.39 is 53.9 Å². The highest BCUT2D eigenvalue weighted by molar-refractivity contribution is 7.89. The van der Waals surface area contributed by atoms with E-state index in [1.807, 2.05) is 0 Å². The van der Waals surface area contributed by atoms with Gasteiger partial charge in [-0.1, -0.05) is 12.0 Å². The van der Waals surface area contributed by atoms with E-state index in [-0.39, 0.29) is 48.7 Å². The molecule has 1 aromatic heterocycles. The summed E-state index contributed by atoms with van der Waals surface area (Å²) in [5.41, 5.74) is 0.555. The topological polar surface area (TPSA) is 102 Å². The Balaban J connectivity index is 1.61. The first-order valence-corrected chi connectivity index (χ1v) is 13.2. The summed E-state index contributed by atoms with van der Waals surface area (Å²) < 4.78 is 129.